The number of carboxylic acid groups (broad SMARTS) is 1. The topological polar surface area (TPSA) is 304 Å². The maximum absolute atomic E-state index is 13.6. The first-order chi connectivity index (χ1) is 33.2. The fraction of sp³-hybridized carbons (Fsp3) is 0.356. The van der Waals surface area contributed by atoms with Crippen LogP contribution in [-0.2, 0) is 35.8 Å². The van der Waals surface area contributed by atoms with Gasteiger partial charge in [-0.05, 0) is 64.4 Å². The average molecular weight is 945 g/mol. The van der Waals surface area contributed by atoms with Crippen molar-refractivity contribution >= 4 is 68.8 Å². The zero-order valence-corrected chi connectivity index (χ0v) is 38.5. The number of aryl methyl sites for hydroxylation is 4. The maximum Gasteiger partial charge on any atom is 0.428 e. The van der Waals surface area contributed by atoms with Crippen LogP contribution in [0.5, 0.6) is 5.75 Å². The standard InChI is InChI=1S/C45H52N16O8/c1-5-60-33(18-26(3)53-60)40-48-24-31-30-20-28(38(46)63)22-35(68-17-9-10-56-13-15-57(16-14-56)36(62)25-69-55-45(66)67)37(30)58(41(31)51-40)11-7-8-12-59-42-32(21-29(23-49-42)39(47)64)50-44(59)52-43(65)34-19-27(4)54-61(34)6-2/h7-8,18-24,55H,5-6,9-17,25H2,1-4H3,(H2,46,63)(H2,47,64)(H,66,67)(H,50,52,65)/b8-7+. The van der Waals surface area contributed by atoms with Crippen LogP contribution in [0.4, 0.5) is 10.7 Å². The molecule has 0 aliphatic carbocycles. The van der Waals surface area contributed by atoms with Crippen molar-refractivity contribution in [3.05, 3.63) is 83.1 Å². The van der Waals surface area contributed by atoms with Crippen molar-refractivity contribution in [3.8, 4) is 17.3 Å². The number of pyridine rings is 1. The molecule has 24 nitrogen and oxygen atoms in total. The predicted molar refractivity (Wildman–Crippen MR) is 251 cm³/mol. The summed E-state index contributed by atoms with van der Waals surface area (Å²) in [5.74, 6) is -0.991. The van der Waals surface area contributed by atoms with E-state index in [9.17, 15) is 24.0 Å². The number of primary amides is 2. The van der Waals surface area contributed by atoms with Gasteiger partial charge in [-0.2, -0.15) is 15.7 Å². The summed E-state index contributed by atoms with van der Waals surface area (Å²) in [7, 11) is 0. The number of amides is 5. The number of nitrogens with zero attached hydrogens (tertiary/aromatic N) is 12. The van der Waals surface area contributed by atoms with Gasteiger partial charge in [0.1, 0.15) is 28.3 Å². The third-order valence-electron chi connectivity index (χ3n) is 11.6. The number of hydrogen-bond acceptors (Lipinski definition) is 14. The van der Waals surface area contributed by atoms with Gasteiger partial charge in [0.25, 0.3) is 11.8 Å². The van der Waals surface area contributed by atoms with Gasteiger partial charge in [-0.15, -0.1) is 0 Å². The fourth-order valence-corrected chi connectivity index (χ4v) is 8.34. The molecule has 69 heavy (non-hydrogen) atoms. The molecule has 24 heteroatoms. The van der Waals surface area contributed by atoms with E-state index in [-0.39, 0.29) is 42.7 Å². The number of aromatic nitrogens is 10. The van der Waals surface area contributed by atoms with Crippen LogP contribution >= 0.6 is 0 Å². The number of imidazole rings is 1. The van der Waals surface area contributed by atoms with E-state index in [1.165, 1.54) is 12.3 Å². The second-order valence-electron chi connectivity index (χ2n) is 16.3. The molecule has 8 rings (SSSR count). The van der Waals surface area contributed by atoms with Crippen molar-refractivity contribution in [2.24, 2.45) is 11.5 Å². The van der Waals surface area contributed by atoms with Crippen molar-refractivity contribution in [2.45, 2.75) is 60.3 Å². The minimum atomic E-state index is -1.38. The lowest BCUT2D eigenvalue weighted by Crippen LogP contribution is -2.50. The number of hydrogen-bond donors (Lipinski definition) is 5. The molecule has 0 unspecified atom stereocenters. The van der Waals surface area contributed by atoms with Crippen molar-refractivity contribution in [3.63, 3.8) is 0 Å². The molecule has 7 N–H and O–H groups in total. The Balaban J connectivity index is 1.09. The number of carbonyl (C=O) groups is 5. The van der Waals surface area contributed by atoms with Crippen LogP contribution in [0.25, 0.3) is 44.6 Å². The SMILES string of the molecule is CCn1nc(C)cc1C(=O)Nc1nc2cc(C(N)=O)cnc2n1C/C=C/Cn1c2nc(-c3cc(C)nn3CC)ncc2c2cc(C(N)=O)cc(OCCCN3CCN(C(=O)CONC(=O)O)CC3)c21. The lowest BCUT2D eigenvalue weighted by molar-refractivity contribution is -0.139. The van der Waals surface area contributed by atoms with Gasteiger partial charge in [0, 0.05) is 87.6 Å². The Morgan fingerprint density at radius 2 is 1.51 bits per heavy atom. The molecule has 7 heterocycles. The highest BCUT2D eigenvalue weighted by molar-refractivity contribution is 6.12. The predicted octanol–water partition coefficient (Wildman–Crippen LogP) is 2.86. The molecular formula is C45H52N16O8. The Bertz CT molecular complexity index is 3140. The Kier molecular flexibility index (Phi) is 13.9. The molecule has 7 aromatic rings. The summed E-state index contributed by atoms with van der Waals surface area (Å²) in [6.45, 7) is 11.8. The van der Waals surface area contributed by atoms with Gasteiger partial charge in [0.2, 0.25) is 17.8 Å². The average Bonchev–Trinajstić information content (AvgIpc) is 4.09. The number of nitrogens with two attached hydrogens (primary N) is 2. The van der Waals surface area contributed by atoms with Gasteiger partial charge in [0.15, 0.2) is 18.1 Å². The maximum atomic E-state index is 13.6. The summed E-state index contributed by atoms with van der Waals surface area (Å²) in [6, 6.07) is 8.48. The van der Waals surface area contributed by atoms with Gasteiger partial charge >= 0.3 is 6.09 Å². The second-order valence-corrected chi connectivity index (χ2v) is 16.3. The summed E-state index contributed by atoms with van der Waals surface area (Å²) >= 11 is 0. The van der Waals surface area contributed by atoms with Crippen LogP contribution in [0.2, 0.25) is 0 Å². The molecule has 360 valence electrons. The minimum Gasteiger partial charge on any atom is -0.491 e. The van der Waals surface area contributed by atoms with Crippen molar-refractivity contribution in [1.82, 2.24) is 63.9 Å². The number of rotatable bonds is 19. The van der Waals surface area contributed by atoms with E-state index < -0.39 is 30.4 Å². The molecule has 0 spiro atoms. The number of nitrogens with one attached hydrogen (secondary N) is 2. The minimum absolute atomic E-state index is 0.163. The number of benzene rings is 1. The lowest BCUT2D eigenvalue weighted by atomic mass is 10.1. The number of ether oxygens (including phenoxy) is 1. The highest BCUT2D eigenvalue weighted by Crippen LogP contribution is 2.36. The van der Waals surface area contributed by atoms with Crippen molar-refractivity contribution in [1.29, 1.82) is 0 Å². The van der Waals surface area contributed by atoms with E-state index >= 15 is 0 Å². The fourth-order valence-electron chi connectivity index (χ4n) is 8.34. The van der Waals surface area contributed by atoms with Crippen LogP contribution in [0.3, 0.4) is 0 Å². The number of carbonyl (C=O) groups excluding carboxylic acids is 4. The Labute approximate surface area is 393 Å². The van der Waals surface area contributed by atoms with Crippen molar-refractivity contribution < 1.29 is 38.7 Å². The Hall–Kier alpha value is -8.25. The molecule has 0 saturated carbocycles. The summed E-state index contributed by atoms with van der Waals surface area (Å²) in [5, 5.41) is 21.9. The molecule has 1 saturated heterocycles. The van der Waals surface area contributed by atoms with Crippen LogP contribution in [0, 0.1) is 13.8 Å². The molecule has 0 atom stereocenters. The van der Waals surface area contributed by atoms with E-state index in [0.717, 1.165) is 11.4 Å². The molecule has 6 aromatic heterocycles. The van der Waals surface area contributed by atoms with E-state index in [2.05, 4.69) is 30.4 Å². The zero-order chi connectivity index (χ0) is 48.9. The smallest absolute Gasteiger partial charge is 0.428 e. The molecule has 0 bridgehead atoms. The van der Waals surface area contributed by atoms with Gasteiger partial charge < -0.3 is 30.8 Å². The van der Waals surface area contributed by atoms with Crippen LogP contribution in [0.1, 0.15) is 62.9 Å². The monoisotopic (exact) mass is 944 g/mol. The molecular weight excluding hydrogens is 893 g/mol. The van der Waals surface area contributed by atoms with Gasteiger partial charge in [-0.3, -0.25) is 48.2 Å². The van der Waals surface area contributed by atoms with Crippen LogP contribution in [0.15, 0.2) is 54.9 Å². The zero-order valence-electron chi connectivity index (χ0n) is 38.5. The van der Waals surface area contributed by atoms with E-state index in [1.807, 2.05) is 48.2 Å². The molecule has 1 aromatic carbocycles. The molecule has 5 amide bonds. The highest BCUT2D eigenvalue weighted by atomic mass is 16.7. The van der Waals surface area contributed by atoms with Crippen LogP contribution < -0.4 is 27.0 Å². The molecule has 1 fully saturated rings. The third kappa shape index (κ3) is 10.2. The first-order valence-corrected chi connectivity index (χ1v) is 22.3. The normalized spacial score (nSPS) is 13.2. The third-order valence-corrected chi connectivity index (χ3v) is 11.6. The number of piperazine rings is 1. The summed E-state index contributed by atoms with van der Waals surface area (Å²) in [4.78, 5) is 89.2. The molecule has 1 aliphatic rings. The quantitative estimate of drug-likeness (QED) is 0.0442. The summed E-state index contributed by atoms with van der Waals surface area (Å²) < 4.78 is 13.7. The number of hydroxylamine groups is 1. The second kappa shape index (κ2) is 20.3. The highest BCUT2D eigenvalue weighted by Gasteiger charge is 2.24. The van der Waals surface area contributed by atoms with Gasteiger partial charge in [-0.1, -0.05) is 12.2 Å². The first-order valence-electron chi connectivity index (χ1n) is 22.3. The van der Waals surface area contributed by atoms with Gasteiger partial charge in [0.05, 0.1) is 29.1 Å². The Morgan fingerprint density at radius 1 is 0.797 bits per heavy atom. The van der Waals surface area contributed by atoms with Crippen molar-refractivity contribution in [2.75, 3.05) is 51.3 Å². The van der Waals surface area contributed by atoms with Crippen LogP contribution in [-0.4, -0.2) is 139 Å². The lowest BCUT2D eigenvalue weighted by Gasteiger charge is -2.34. The summed E-state index contributed by atoms with van der Waals surface area (Å²) in [5.41, 5.74) is 18.2. The van der Waals surface area contributed by atoms with E-state index in [4.69, 9.17) is 36.1 Å². The largest absolute Gasteiger partial charge is 0.491 e. The first kappa shape index (κ1) is 47.3. The molecule has 1 aliphatic heterocycles. The van der Waals surface area contributed by atoms with E-state index in [0.29, 0.717) is 108 Å². The van der Waals surface area contributed by atoms with Gasteiger partial charge in [-0.25, -0.2) is 24.7 Å². The molecule has 0 radical (unpaired) electrons. The number of allylic oxidation sites excluding steroid dienone is 2. The van der Waals surface area contributed by atoms with E-state index in [1.54, 1.807) is 50.9 Å². The number of anilines is 1. The summed E-state index contributed by atoms with van der Waals surface area (Å²) in [6.07, 6.45) is 6.13. The Morgan fingerprint density at radius 3 is 2.22 bits per heavy atom. The number of fused-ring (bicyclic) bond motifs is 4.